The first-order valence-electron chi connectivity index (χ1n) is 10.1. The molecule has 3 fully saturated rings. The highest BCUT2D eigenvalue weighted by molar-refractivity contribution is 5.15. The predicted octanol–water partition coefficient (Wildman–Crippen LogP) is 3.26. The van der Waals surface area contributed by atoms with E-state index in [9.17, 15) is 0 Å². The monoisotopic (exact) mass is 327 g/mol. The van der Waals surface area contributed by atoms with E-state index in [0.29, 0.717) is 6.04 Å². The Bertz CT molecular complexity index is 511. The minimum atomic E-state index is 0.703. The van der Waals surface area contributed by atoms with E-state index in [1.807, 2.05) is 0 Å². The van der Waals surface area contributed by atoms with Gasteiger partial charge in [0, 0.05) is 37.3 Å². The van der Waals surface area contributed by atoms with E-state index in [0.717, 1.165) is 24.7 Å². The van der Waals surface area contributed by atoms with E-state index in [1.54, 1.807) is 0 Å². The molecule has 132 valence electrons. The minimum Gasteiger partial charge on any atom is -0.312 e. The Morgan fingerprint density at radius 2 is 1.96 bits per heavy atom. The van der Waals surface area contributed by atoms with Crippen LogP contribution in [0, 0.1) is 0 Å². The summed E-state index contributed by atoms with van der Waals surface area (Å²) in [6.45, 7) is 7.34. The molecule has 0 aromatic heterocycles. The molecule has 0 bridgehead atoms. The minimum absolute atomic E-state index is 0.703. The molecule has 0 amide bonds. The van der Waals surface area contributed by atoms with Crippen LogP contribution < -0.4 is 5.32 Å². The Morgan fingerprint density at radius 1 is 1.08 bits per heavy atom. The van der Waals surface area contributed by atoms with Crippen LogP contribution in [-0.2, 0) is 6.54 Å². The first-order valence-corrected chi connectivity index (χ1v) is 10.1. The summed E-state index contributed by atoms with van der Waals surface area (Å²) in [7, 11) is 0. The van der Waals surface area contributed by atoms with Gasteiger partial charge in [-0.05, 0) is 57.7 Å². The summed E-state index contributed by atoms with van der Waals surface area (Å²) >= 11 is 0. The largest absolute Gasteiger partial charge is 0.312 e. The third kappa shape index (κ3) is 3.54. The molecule has 3 heteroatoms. The van der Waals surface area contributed by atoms with Crippen LogP contribution in [0.1, 0.15) is 51.0 Å². The quantitative estimate of drug-likeness (QED) is 0.916. The normalized spacial score (nSPS) is 35.5. The van der Waals surface area contributed by atoms with Crippen molar-refractivity contribution in [3.8, 4) is 0 Å². The van der Waals surface area contributed by atoms with E-state index in [4.69, 9.17) is 0 Å². The molecule has 1 N–H and O–H groups in total. The van der Waals surface area contributed by atoms with Crippen molar-refractivity contribution in [1.29, 1.82) is 0 Å². The topological polar surface area (TPSA) is 18.5 Å². The number of nitrogens with one attached hydrogen (secondary N) is 1. The molecular formula is C21H33N3. The first-order chi connectivity index (χ1) is 11.8. The molecule has 3 saturated heterocycles. The molecule has 3 nitrogen and oxygen atoms in total. The summed E-state index contributed by atoms with van der Waals surface area (Å²) in [5, 5.41) is 3.79. The molecule has 3 aliphatic rings. The fourth-order valence-electron chi connectivity index (χ4n) is 5.25. The highest BCUT2D eigenvalue weighted by Crippen LogP contribution is 2.31. The first kappa shape index (κ1) is 16.6. The van der Waals surface area contributed by atoms with Gasteiger partial charge in [0.05, 0.1) is 0 Å². The molecule has 1 aromatic carbocycles. The standard InChI is InChI=1S/C21H33N3/c1-17-14-19(16-23(17)15-18-8-3-2-4-9-18)24-13-6-5-11-21(24)20-10-7-12-22-20/h2-4,8-9,17,19-22H,5-7,10-16H2,1H3. The van der Waals surface area contributed by atoms with Crippen molar-refractivity contribution in [2.45, 2.75) is 76.2 Å². The molecule has 0 saturated carbocycles. The van der Waals surface area contributed by atoms with Crippen LogP contribution in [0.5, 0.6) is 0 Å². The summed E-state index contributed by atoms with van der Waals surface area (Å²) < 4.78 is 0. The lowest BCUT2D eigenvalue weighted by Crippen LogP contribution is -2.54. The van der Waals surface area contributed by atoms with Crippen LogP contribution in [0.4, 0.5) is 0 Å². The fourth-order valence-corrected chi connectivity index (χ4v) is 5.25. The zero-order chi connectivity index (χ0) is 16.4. The summed E-state index contributed by atoms with van der Waals surface area (Å²) in [6, 6.07) is 14.0. The van der Waals surface area contributed by atoms with Gasteiger partial charge >= 0.3 is 0 Å². The van der Waals surface area contributed by atoms with Gasteiger partial charge in [-0.15, -0.1) is 0 Å². The smallest absolute Gasteiger partial charge is 0.0252 e. The number of likely N-dealkylation sites (tertiary alicyclic amines) is 2. The predicted molar refractivity (Wildman–Crippen MR) is 100 cm³/mol. The molecular weight excluding hydrogens is 294 g/mol. The Labute approximate surface area is 147 Å². The number of nitrogens with zero attached hydrogens (tertiary/aromatic N) is 2. The number of benzene rings is 1. The molecule has 0 spiro atoms. The SMILES string of the molecule is CC1CC(N2CCCCC2C2CCCN2)CN1Cc1ccccc1. The zero-order valence-corrected chi connectivity index (χ0v) is 15.2. The van der Waals surface area contributed by atoms with Crippen LogP contribution in [0.25, 0.3) is 0 Å². The maximum absolute atomic E-state index is 3.79. The number of hydrogen-bond donors (Lipinski definition) is 1. The second-order valence-corrected chi connectivity index (χ2v) is 8.16. The van der Waals surface area contributed by atoms with Crippen molar-refractivity contribution >= 4 is 0 Å². The summed E-state index contributed by atoms with van der Waals surface area (Å²) in [5.41, 5.74) is 1.46. The zero-order valence-electron chi connectivity index (χ0n) is 15.2. The Morgan fingerprint density at radius 3 is 2.75 bits per heavy atom. The molecule has 0 radical (unpaired) electrons. The number of piperidine rings is 1. The summed E-state index contributed by atoms with van der Waals surface area (Å²) in [4.78, 5) is 5.60. The van der Waals surface area contributed by atoms with Crippen LogP contribution in [0.3, 0.4) is 0 Å². The van der Waals surface area contributed by atoms with Gasteiger partial charge in [0.2, 0.25) is 0 Å². The second-order valence-electron chi connectivity index (χ2n) is 8.16. The van der Waals surface area contributed by atoms with Gasteiger partial charge in [0.15, 0.2) is 0 Å². The van der Waals surface area contributed by atoms with Crippen molar-refractivity contribution in [3.05, 3.63) is 35.9 Å². The van der Waals surface area contributed by atoms with Gasteiger partial charge in [0.25, 0.3) is 0 Å². The molecule has 24 heavy (non-hydrogen) atoms. The van der Waals surface area contributed by atoms with Gasteiger partial charge in [-0.2, -0.15) is 0 Å². The van der Waals surface area contributed by atoms with Crippen molar-refractivity contribution in [1.82, 2.24) is 15.1 Å². The van der Waals surface area contributed by atoms with E-state index in [-0.39, 0.29) is 0 Å². The molecule has 3 heterocycles. The summed E-state index contributed by atoms with van der Waals surface area (Å²) in [6.07, 6.45) is 8.33. The maximum atomic E-state index is 3.79. The van der Waals surface area contributed by atoms with Crippen molar-refractivity contribution in [3.63, 3.8) is 0 Å². The molecule has 0 aliphatic carbocycles. The Hall–Kier alpha value is -0.900. The van der Waals surface area contributed by atoms with E-state index in [1.165, 1.54) is 63.7 Å². The van der Waals surface area contributed by atoms with Gasteiger partial charge in [-0.3, -0.25) is 9.80 Å². The summed E-state index contributed by atoms with van der Waals surface area (Å²) in [5.74, 6) is 0. The van der Waals surface area contributed by atoms with Crippen molar-refractivity contribution in [2.24, 2.45) is 0 Å². The Kier molecular flexibility index (Phi) is 5.21. The van der Waals surface area contributed by atoms with E-state index < -0.39 is 0 Å². The van der Waals surface area contributed by atoms with E-state index >= 15 is 0 Å². The maximum Gasteiger partial charge on any atom is 0.0252 e. The lowest BCUT2D eigenvalue weighted by Gasteiger charge is -2.43. The molecule has 3 aliphatic heterocycles. The van der Waals surface area contributed by atoms with Gasteiger partial charge in [0.1, 0.15) is 0 Å². The van der Waals surface area contributed by atoms with Crippen LogP contribution in [0.15, 0.2) is 30.3 Å². The molecule has 4 unspecified atom stereocenters. The molecule has 4 atom stereocenters. The van der Waals surface area contributed by atoms with Gasteiger partial charge in [-0.1, -0.05) is 36.8 Å². The molecule has 4 rings (SSSR count). The van der Waals surface area contributed by atoms with Crippen LogP contribution >= 0.6 is 0 Å². The fraction of sp³-hybridized carbons (Fsp3) is 0.714. The van der Waals surface area contributed by atoms with Crippen molar-refractivity contribution in [2.75, 3.05) is 19.6 Å². The van der Waals surface area contributed by atoms with Crippen molar-refractivity contribution < 1.29 is 0 Å². The van der Waals surface area contributed by atoms with Crippen LogP contribution in [-0.4, -0.2) is 53.6 Å². The lowest BCUT2D eigenvalue weighted by molar-refractivity contribution is 0.0751. The second kappa shape index (κ2) is 7.55. The third-order valence-electron chi connectivity index (χ3n) is 6.53. The third-order valence-corrected chi connectivity index (χ3v) is 6.53. The van der Waals surface area contributed by atoms with Crippen LogP contribution in [0.2, 0.25) is 0 Å². The average Bonchev–Trinajstić information content (AvgIpc) is 3.27. The molecule has 1 aromatic rings. The highest BCUT2D eigenvalue weighted by atomic mass is 15.3. The number of rotatable bonds is 4. The van der Waals surface area contributed by atoms with Gasteiger partial charge in [-0.25, -0.2) is 0 Å². The highest BCUT2D eigenvalue weighted by Gasteiger charge is 2.39. The lowest BCUT2D eigenvalue weighted by atomic mass is 9.92. The number of hydrogen-bond acceptors (Lipinski definition) is 3. The van der Waals surface area contributed by atoms with E-state index in [2.05, 4.69) is 52.4 Å². The average molecular weight is 328 g/mol. The Balaban J connectivity index is 1.42. The van der Waals surface area contributed by atoms with Gasteiger partial charge < -0.3 is 5.32 Å².